The molecule has 0 fully saturated rings. The van der Waals surface area contributed by atoms with Gasteiger partial charge < -0.3 is 22.4 Å². The SMILES string of the molecule is Nc1nnc([C@@H](N)CO)n1N. The first-order valence-corrected chi connectivity index (χ1v) is 2.99. The number of hydrogen-bond acceptors (Lipinski definition) is 6. The summed E-state index contributed by atoms with van der Waals surface area (Å²) in [6.45, 7) is -0.241. The first-order valence-electron chi connectivity index (χ1n) is 2.99. The monoisotopic (exact) mass is 158 g/mol. The number of aliphatic hydroxyl groups is 1. The lowest BCUT2D eigenvalue weighted by atomic mass is 10.3. The highest BCUT2D eigenvalue weighted by molar-refractivity contribution is 5.18. The third-order valence-corrected chi connectivity index (χ3v) is 1.28. The van der Waals surface area contributed by atoms with Crippen molar-refractivity contribution in [2.45, 2.75) is 6.04 Å². The molecular formula is C4H10N6O. The molecule has 7 nitrogen and oxygen atoms in total. The topological polar surface area (TPSA) is 129 Å². The molecule has 7 N–H and O–H groups in total. The number of nitrogens with two attached hydrogens (primary N) is 3. The maximum Gasteiger partial charge on any atom is 0.240 e. The highest BCUT2D eigenvalue weighted by atomic mass is 16.3. The first kappa shape index (κ1) is 7.76. The molecule has 0 aromatic carbocycles. The van der Waals surface area contributed by atoms with Crippen LogP contribution in [0.2, 0.25) is 0 Å². The van der Waals surface area contributed by atoms with Crippen LogP contribution in [-0.2, 0) is 0 Å². The molecule has 1 aromatic heterocycles. The molecule has 0 amide bonds. The molecule has 0 aliphatic rings. The summed E-state index contributed by atoms with van der Waals surface area (Å²) in [4.78, 5) is 0. The van der Waals surface area contributed by atoms with Gasteiger partial charge in [0, 0.05) is 0 Å². The predicted octanol–water partition coefficient (Wildman–Crippen LogP) is -2.43. The molecule has 1 atom stereocenters. The molecule has 0 unspecified atom stereocenters. The number of nitrogen functional groups attached to an aromatic ring is 2. The van der Waals surface area contributed by atoms with E-state index >= 15 is 0 Å². The maximum absolute atomic E-state index is 8.62. The summed E-state index contributed by atoms with van der Waals surface area (Å²) in [6.07, 6.45) is 0. The third-order valence-electron chi connectivity index (χ3n) is 1.28. The summed E-state index contributed by atoms with van der Waals surface area (Å²) >= 11 is 0. The third kappa shape index (κ3) is 1.23. The van der Waals surface area contributed by atoms with Crippen molar-refractivity contribution in [3.63, 3.8) is 0 Å². The van der Waals surface area contributed by atoms with E-state index in [1.54, 1.807) is 0 Å². The van der Waals surface area contributed by atoms with Gasteiger partial charge in [-0.05, 0) is 0 Å². The smallest absolute Gasteiger partial charge is 0.240 e. The summed E-state index contributed by atoms with van der Waals surface area (Å²) in [5.74, 6) is 5.70. The molecule has 11 heavy (non-hydrogen) atoms. The summed E-state index contributed by atoms with van der Waals surface area (Å²) in [7, 11) is 0. The Labute approximate surface area is 62.8 Å². The van der Waals surface area contributed by atoms with Gasteiger partial charge in [0.15, 0.2) is 5.82 Å². The lowest BCUT2D eigenvalue weighted by molar-refractivity contribution is 0.262. The van der Waals surface area contributed by atoms with Gasteiger partial charge in [0.2, 0.25) is 5.95 Å². The van der Waals surface area contributed by atoms with Crippen molar-refractivity contribution in [1.29, 1.82) is 0 Å². The van der Waals surface area contributed by atoms with Gasteiger partial charge in [-0.25, -0.2) is 4.68 Å². The number of nitrogens with zero attached hydrogens (tertiary/aromatic N) is 3. The molecule has 1 heterocycles. The standard InChI is InChI=1S/C4H10N6O/c5-2(1-11)3-8-9-4(6)10(3)7/h2,11H,1,5,7H2,(H2,6,9)/t2-/m0/s1. The molecule has 0 radical (unpaired) electrons. The highest BCUT2D eigenvalue weighted by Gasteiger charge is 2.13. The van der Waals surface area contributed by atoms with Gasteiger partial charge in [0.05, 0.1) is 12.6 Å². The van der Waals surface area contributed by atoms with Crippen LogP contribution in [-0.4, -0.2) is 26.6 Å². The van der Waals surface area contributed by atoms with Gasteiger partial charge in [-0.15, -0.1) is 10.2 Å². The molecule has 1 aromatic rings. The van der Waals surface area contributed by atoms with E-state index in [-0.39, 0.29) is 18.4 Å². The predicted molar refractivity (Wildman–Crippen MR) is 38.6 cm³/mol. The van der Waals surface area contributed by atoms with E-state index in [0.717, 1.165) is 4.68 Å². The molecule has 0 spiro atoms. The number of aliphatic hydroxyl groups excluding tert-OH is 1. The van der Waals surface area contributed by atoms with Gasteiger partial charge in [0.1, 0.15) is 0 Å². The van der Waals surface area contributed by atoms with Crippen LogP contribution in [0, 0.1) is 0 Å². The summed E-state index contributed by atoms with van der Waals surface area (Å²) in [6, 6.07) is -0.634. The van der Waals surface area contributed by atoms with Crippen LogP contribution in [0.3, 0.4) is 0 Å². The molecule has 0 aliphatic carbocycles. The fourth-order valence-electron chi connectivity index (χ4n) is 0.651. The molecule has 1 rings (SSSR count). The second-order valence-electron chi connectivity index (χ2n) is 2.08. The minimum Gasteiger partial charge on any atom is -0.394 e. The van der Waals surface area contributed by atoms with Crippen molar-refractivity contribution < 1.29 is 5.11 Å². The van der Waals surface area contributed by atoms with Crippen molar-refractivity contribution in [1.82, 2.24) is 14.9 Å². The van der Waals surface area contributed by atoms with Gasteiger partial charge in [-0.1, -0.05) is 0 Å². The molecule has 0 aliphatic heterocycles. The van der Waals surface area contributed by atoms with Crippen LogP contribution >= 0.6 is 0 Å². The van der Waals surface area contributed by atoms with Crippen molar-refractivity contribution in [2.75, 3.05) is 18.2 Å². The van der Waals surface area contributed by atoms with Crippen LogP contribution in [0.15, 0.2) is 0 Å². The Morgan fingerprint density at radius 1 is 1.55 bits per heavy atom. The second kappa shape index (κ2) is 2.72. The summed E-state index contributed by atoms with van der Waals surface area (Å²) in [5.41, 5.74) is 10.7. The van der Waals surface area contributed by atoms with E-state index in [1.165, 1.54) is 0 Å². The van der Waals surface area contributed by atoms with Crippen molar-refractivity contribution in [3.05, 3.63) is 5.82 Å². The van der Waals surface area contributed by atoms with E-state index in [1.807, 2.05) is 0 Å². The van der Waals surface area contributed by atoms with E-state index in [4.69, 9.17) is 22.4 Å². The molecule has 62 valence electrons. The van der Waals surface area contributed by atoms with Crippen LogP contribution in [0.25, 0.3) is 0 Å². The zero-order valence-electron chi connectivity index (χ0n) is 5.81. The van der Waals surface area contributed by atoms with Crippen LogP contribution in [0.4, 0.5) is 5.95 Å². The minimum atomic E-state index is -0.634. The zero-order valence-corrected chi connectivity index (χ0v) is 5.81. The Bertz CT molecular complexity index is 245. The quantitative estimate of drug-likeness (QED) is 0.354. The largest absolute Gasteiger partial charge is 0.394 e. The minimum absolute atomic E-state index is 0.0731. The Balaban J connectivity index is 2.94. The van der Waals surface area contributed by atoms with E-state index < -0.39 is 6.04 Å². The van der Waals surface area contributed by atoms with Gasteiger partial charge >= 0.3 is 0 Å². The number of aromatic nitrogens is 3. The number of anilines is 1. The second-order valence-corrected chi connectivity index (χ2v) is 2.08. The lowest BCUT2D eigenvalue weighted by Crippen LogP contribution is -2.24. The molecule has 0 saturated carbocycles. The lowest BCUT2D eigenvalue weighted by Gasteiger charge is -2.05. The van der Waals surface area contributed by atoms with Crippen molar-refractivity contribution in [2.24, 2.45) is 5.73 Å². The Kier molecular flexibility index (Phi) is 1.92. The van der Waals surface area contributed by atoms with Gasteiger partial charge in [-0.3, -0.25) is 0 Å². The van der Waals surface area contributed by atoms with Crippen molar-refractivity contribution in [3.8, 4) is 0 Å². The maximum atomic E-state index is 8.62. The van der Waals surface area contributed by atoms with Crippen molar-refractivity contribution >= 4 is 5.95 Å². The molecule has 0 bridgehead atoms. The summed E-state index contributed by atoms with van der Waals surface area (Å²) in [5, 5.41) is 15.6. The zero-order chi connectivity index (χ0) is 8.43. The fourth-order valence-corrected chi connectivity index (χ4v) is 0.651. The van der Waals surface area contributed by atoms with E-state index in [0.29, 0.717) is 0 Å². The van der Waals surface area contributed by atoms with Gasteiger partial charge in [-0.2, -0.15) is 0 Å². The Morgan fingerprint density at radius 2 is 2.18 bits per heavy atom. The molecule has 7 heteroatoms. The normalized spacial score (nSPS) is 13.3. The van der Waals surface area contributed by atoms with Crippen LogP contribution < -0.4 is 17.3 Å². The Hall–Kier alpha value is -1.34. The first-order chi connectivity index (χ1) is 5.16. The Morgan fingerprint density at radius 3 is 2.55 bits per heavy atom. The average Bonchev–Trinajstić information content (AvgIpc) is 2.32. The van der Waals surface area contributed by atoms with Gasteiger partial charge in [0.25, 0.3) is 0 Å². The van der Waals surface area contributed by atoms with Crippen LogP contribution in [0.5, 0.6) is 0 Å². The number of rotatable bonds is 2. The summed E-state index contributed by atoms with van der Waals surface area (Å²) < 4.78 is 1.04. The average molecular weight is 158 g/mol. The highest BCUT2D eigenvalue weighted by Crippen LogP contribution is 2.05. The van der Waals surface area contributed by atoms with Crippen LogP contribution in [0.1, 0.15) is 11.9 Å². The van der Waals surface area contributed by atoms with E-state index in [9.17, 15) is 0 Å². The molecular weight excluding hydrogens is 148 g/mol. The fraction of sp³-hybridized carbons (Fsp3) is 0.500. The molecule has 0 saturated heterocycles. The number of hydrogen-bond donors (Lipinski definition) is 4. The van der Waals surface area contributed by atoms with E-state index in [2.05, 4.69) is 10.2 Å².